The number of alkyl halides is 3. The fourth-order valence-corrected chi connectivity index (χ4v) is 4.23. The van der Waals surface area contributed by atoms with Crippen molar-refractivity contribution in [3.63, 3.8) is 0 Å². The normalized spacial score (nSPS) is 13.1. The lowest BCUT2D eigenvalue weighted by molar-refractivity contribution is -0.263. The van der Waals surface area contributed by atoms with Gasteiger partial charge in [0.2, 0.25) is 5.75 Å². The number of amides is 3. The number of imide groups is 1. The maximum Gasteiger partial charge on any atom is 0.493 e. The lowest BCUT2D eigenvalue weighted by atomic mass is 10.0. The molecule has 13 nitrogen and oxygen atoms in total. The first-order valence-electron chi connectivity index (χ1n) is 12.4. The Morgan fingerprint density at radius 1 is 0.909 bits per heavy atom. The van der Waals surface area contributed by atoms with Crippen LogP contribution in [0.15, 0.2) is 60.7 Å². The number of amidine groups is 1. The van der Waals surface area contributed by atoms with Crippen molar-refractivity contribution in [2.24, 2.45) is 5.73 Å². The highest BCUT2D eigenvalue weighted by Gasteiger charge is 2.50. The molecule has 3 amide bonds. The predicted octanol–water partition coefficient (Wildman–Crippen LogP) is 3.21. The van der Waals surface area contributed by atoms with Gasteiger partial charge in [-0.2, -0.15) is 13.2 Å². The first-order valence-corrected chi connectivity index (χ1v) is 12.4. The van der Waals surface area contributed by atoms with E-state index < -0.39 is 35.9 Å². The first kappa shape index (κ1) is 31.1. The Balaban J connectivity index is 1.88. The van der Waals surface area contributed by atoms with Gasteiger partial charge >= 0.3 is 18.1 Å². The van der Waals surface area contributed by atoms with Gasteiger partial charge in [0.15, 0.2) is 11.5 Å². The minimum absolute atomic E-state index is 0.00214. The lowest BCUT2D eigenvalue weighted by Gasteiger charge is -2.31. The lowest BCUT2D eigenvalue weighted by Crippen LogP contribution is -2.54. The molecule has 0 spiro atoms. The molecule has 0 bridgehead atoms. The second-order valence-electron chi connectivity index (χ2n) is 8.98. The number of fused-ring (bicyclic) bond motifs is 1. The number of hydroxylamine groups is 1. The highest BCUT2D eigenvalue weighted by molar-refractivity contribution is 6.21. The van der Waals surface area contributed by atoms with Gasteiger partial charge in [0.05, 0.1) is 32.5 Å². The van der Waals surface area contributed by atoms with Crippen LogP contribution in [0.3, 0.4) is 0 Å². The summed E-state index contributed by atoms with van der Waals surface area (Å²) in [5, 5.41) is 10.1. The Morgan fingerprint density at radius 3 is 1.86 bits per heavy atom. The van der Waals surface area contributed by atoms with Crippen molar-refractivity contribution in [2.75, 3.05) is 26.6 Å². The van der Waals surface area contributed by atoms with Gasteiger partial charge in [-0.1, -0.05) is 17.3 Å². The van der Waals surface area contributed by atoms with E-state index in [-0.39, 0.29) is 55.6 Å². The summed E-state index contributed by atoms with van der Waals surface area (Å²) in [6.07, 6.45) is -5.62. The minimum atomic E-state index is -5.62. The number of rotatable bonds is 9. The zero-order valence-corrected chi connectivity index (χ0v) is 23.2. The highest BCUT2D eigenvalue weighted by atomic mass is 19.4. The number of hydrogen-bond donors (Lipinski definition) is 3. The number of hydrazine groups is 1. The molecule has 16 heteroatoms. The molecule has 1 atom stereocenters. The maximum absolute atomic E-state index is 14.2. The number of benzene rings is 3. The summed E-state index contributed by atoms with van der Waals surface area (Å²) in [4.78, 5) is 57.0. The number of methoxy groups -OCH3 is 3. The monoisotopic (exact) mass is 615 g/mol. The molecular formula is C28H24F3N5O8. The van der Waals surface area contributed by atoms with E-state index in [0.29, 0.717) is 5.56 Å². The summed E-state index contributed by atoms with van der Waals surface area (Å²) in [6, 6.07) is 11.7. The quantitative estimate of drug-likeness (QED) is 0.140. The third-order valence-corrected chi connectivity index (χ3v) is 6.32. The van der Waals surface area contributed by atoms with Gasteiger partial charge in [0.1, 0.15) is 11.9 Å². The zero-order valence-electron chi connectivity index (χ0n) is 23.2. The number of nitrogens with zero attached hydrogens (tertiary/aromatic N) is 2. The molecule has 1 unspecified atom stereocenters. The van der Waals surface area contributed by atoms with Crippen molar-refractivity contribution < 1.29 is 51.4 Å². The van der Waals surface area contributed by atoms with Crippen molar-refractivity contribution in [3.8, 4) is 17.2 Å². The van der Waals surface area contributed by atoms with E-state index in [1.54, 1.807) is 0 Å². The summed E-state index contributed by atoms with van der Waals surface area (Å²) in [5.74, 6) is -6.90. The fourth-order valence-electron chi connectivity index (χ4n) is 4.23. The molecule has 0 aromatic heterocycles. The molecule has 0 fully saturated rings. The summed E-state index contributed by atoms with van der Waals surface area (Å²) in [5.41, 5.74) is 5.47. The molecule has 3 aromatic rings. The van der Waals surface area contributed by atoms with E-state index in [0.717, 1.165) is 0 Å². The van der Waals surface area contributed by atoms with E-state index in [4.69, 9.17) is 25.4 Å². The van der Waals surface area contributed by atoms with Crippen LogP contribution in [0.1, 0.15) is 37.9 Å². The standard InChI is InChI=1S/C28H24F3N5O8/c1-41-19-12-15(13-20(42-2)22(19)43-3)21(34-16-10-8-14(9-11-16)23(32)33)26(39)36(44-27(40)28(29,30)31)35-24(37)17-6-4-5-7-18(17)25(35)38/h4-13,21,34H,1-3H3,(H3,32,33). The van der Waals surface area contributed by atoms with Crippen LogP contribution < -0.4 is 25.3 Å². The van der Waals surface area contributed by atoms with Crippen molar-refractivity contribution >= 4 is 35.2 Å². The summed E-state index contributed by atoms with van der Waals surface area (Å²) >= 11 is 0. The molecule has 1 heterocycles. The number of nitrogens with two attached hydrogens (primary N) is 1. The maximum atomic E-state index is 14.2. The molecular weight excluding hydrogens is 591 g/mol. The molecule has 0 aliphatic carbocycles. The van der Waals surface area contributed by atoms with Crippen molar-refractivity contribution in [3.05, 3.63) is 82.9 Å². The van der Waals surface area contributed by atoms with Gasteiger partial charge in [0, 0.05) is 11.3 Å². The Kier molecular flexibility index (Phi) is 8.64. The van der Waals surface area contributed by atoms with Crippen LogP contribution in [0.5, 0.6) is 17.2 Å². The third kappa shape index (κ3) is 5.90. The Labute approximate surface area is 247 Å². The van der Waals surface area contributed by atoms with Gasteiger partial charge in [-0.15, -0.1) is 5.01 Å². The molecule has 3 aromatic carbocycles. The largest absolute Gasteiger partial charge is 0.493 e. The molecule has 0 saturated heterocycles. The number of carbonyl (C=O) groups excluding carboxylic acids is 4. The number of hydrogen-bond acceptors (Lipinski definition) is 10. The van der Waals surface area contributed by atoms with E-state index in [2.05, 4.69) is 10.2 Å². The molecule has 1 aliphatic heterocycles. The number of carbonyl (C=O) groups is 4. The number of ether oxygens (including phenoxy) is 3. The molecule has 1 aliphatic rings. The van der Waals surface area contributed by atoms with Crippen LogP contribution in [0.2, 0.25) is 0 Å². The topological polar surface area (TPSA) is 174 Å². The van der Waals surface area contributed by atoms with Crippen molar-refractivity contribution in [2.45, 2.75) is 12.2 Å². The van der Waals surface area contributed by atoms with Gasteiger partial charge in [-0.25, -0.2) is 4.79 Å². The number of nitrogen functional groups attached to an aromatic ring is 1. The van der Waals surface area contributed by atoms with Crippen LogP contribution in [0, 0.1) is 5.41 Å². The first-order chi connectivity index (χ1) is 20.8. The number of halogens is 3. The average Bonchev–Trinajstić information content (AvgIpc) is 3.26. The molecule has 0 radical (unpaired) electrons. The second kappa shape index (κ2) is 12.2. The molecule has 230 valence electrons. The molecule has 0 saturated carbocycles. The Hall–Kier alpha value is -5.80. The molecule has 4 N–H and O–H groups in total. The van der Waals surface area contributed by atoms with Gasteiger partial charge in [-0.05, 0) is 54.1 Å². The fraction of sp³-hybridized carbons (Fsp3) is 0.179. The van der Waals surface area contributed by atoms with Crippen LogP contribution in [-0.4, -0.2) is 67.2 Å². The minimum Gasteiger partial charge on any atom is -0.493 e. The van der Waals surface area contributed by atoms with Crippen LogP contribution in [0.4, 0.5) is 18.9 Å². The average molecular weight is 616 g/mol. The smallest absolute Gasteiger partial charge is 0.493 e. The van der Waals surface area contributed by atoms with E-state index >= 15 is 0 Å². The van der Waals surface area contributed by atoms with Crippen LogP contribution >= 0.6 is 0 Å². The van der Waals surface area contributed by atoms with Crippen LogP contribution in [-0.2, 0) is 14.4 Å². The highest BCUT2D eigenvalue weighted by Crippen LogP contribution is 2.41. The summed E-state index contributed by atoms with van der Waals surface area (Å²) in [6.45, 7) is 0. The predicted molar refractivity (Wildman–Crippen MR) is 146 cm³/mol. The van der Waals surface area contributed by atoms with Crippen molar-refractivity contribution in [1.82, 2.24) is 10.2 Å². The second-order valence-corrected chi connectivity index (χ2v) is 8.98. The van der Waals surface area contributed by atoms with Gasteiger partial charge < -0.3 is 30.1 Å². The Morgan fingerprint density at radius 2 is 1.43 bits per heavy atom. The Bertz CT molecular complexity index is 1580. The summed E-state index contributed by atoms with van der Waals surface area (Å²) in [7, 11) is 3.88. The summed E-state index contributed by atoms with van der Waals surface area (Å²) < 4.78 is 56.1. The number of nitrogens with one attached hydrogen (secondary N) is 2. The van der Waals surface area contributed by atoms with Gasteiger partial charge in [-0.3, -0.25) is 19.8 Å². The van der Waals surface area contributed by atoms with E-state index in [9.17, 15) is 32.3 Å². The number of anilines is 1. The SMILES string of the molecule is COc1cc(C(Nc2ccc(C(=N)N)cc2)C(=O)N(OC(=O)C(F)(F)F)N2C(=O)c3ccccc3C2=O)cc(OC)c1OC. The van der Waals surface area contributed by atoms with E-state index in [1.165, 1.54) is 82.0 Å². The van der Waals surface area contributed by atoms with Crippen LogP contribution in [0.25, 0.3) is 0 Å². The van der Waals surface area contributed by atoms with E-state index in [1.807, 2.05) is 0 Å². The van der Waals surface area contributed by atoms with Gasteiger partial charge in [0.25, 0.3) is 11.8 Å². The molecule has 44 heavy (non-hydrogen) atoms. The van der Waals surface area contributed by atoms with Crippen molar-refractivity contribution in [1.29, 1.82) is 5.41 Å². The zero-order chi connectivity index (χ0) is 32.3. The molecule has 4 rings (SSSR count). The third-order valence-electron chi connectivity index (χ3n) is 6.32.